The van der Waals surface area contributed by atoms with Crippen molar-refractivity contribution in [1.29, 1.82) is 0 Å². The van der Waals surface area contributed by atoms with Crippen molar-refractivity contribution < 1.29 is 19.2 Å². The maximum atomic E-state index is 12.4. The van der Waals surface area contributed by atoms with Gasteiger partial charge in [-0.3, -0.25) is 14.9 Å². The third kappa shape index (κ3) is 4.95. The van der Waals surface area contributed by atoms with Crippen molar-refractivity contribution in [3.63, 3.8) is 0 Å². The molecule has 0 fully saturated rings. The van der Waals surface area contributed by atoms with Crippen LogP contribution in [-0.4, -0.2) is 31.1 Å². The van der Waals surface area contributed by atoms with E-state index in [1.54, 1.807) is 6.92 Å². The van der Waals surface area contributed by atoms with Crippen LogP contribution in [-0.2, 0) is 0 Å². The minimum Gasteiger partial charge on any atom is -0.493 e. The Labute approximate surface area is 147 Å². The summed E-state index contributed by atoms with van der Waals surface area (Å²) >= 11 is 0. The molecule has 25 heavy (non-hydrogen) atoms. The molecule has 0 aliphatic heterocycles. The van der Waals surface area contributed by atoms with Gasteiger partial charge in [-0.25, -0.2) is 0 Å². The number of hydrogen-bond donors (Lipinski definition) is 1. The summed E-state index contributed by atoms with van der Waals surface area (Å²) in [5.41, 5.74) is 1.02. The SMILES string of the molecule is CCOc1cc([N+](=O)[O-])c(C(=O)NCCC2=CCCCC2)cc1OC. The van der Waals surface area contributed by atoms with Crippen molar-refractivity contribution in [2.45, 2.75) is 39.0 Å². The number of benzene rings is 1. The summed E-state index contributed by atoms with van der Waals surface area (Å²) in [7, 11) is 1.43. The molecular formula is C18H24N2O5. The van der Waals surface area contributed by atoms with Crippen molar-refractivity contribution in [3.8, 4) is 11.5 Å². The van der Waals surface area contributed by atoms with E-state index in [9.17, 15) is 14.9 Å². The lowest BCUT2D eigenvalue weighted by atomic mass is 9.97. The molecule has 1 N–H and O–H groups in total. The van der Waals surface area contributed by atoms with E-state index in [0.29, 0.717) is 18.9 Å². The number of nitro benzene ring substituents is 1. The molecule has 7 nitrogen and oxygen atoms in total. The molecular weight excluding hydrogens is 324 g/mol. The van der Waals surface area contributed by atoms with E-state index in [1.165, 1.54) is 37.7 Å². The Morgan fingerprint density at radius 3 is 2.72 bits per heavy atom. The van der Waals surface area contributed by atoms with Gasteiger partial charge in [-0.05, 0) is 39.0 Å². The topological polar surface area (TPSA) is 90.7 Å². The normalized spacial score (nSPS) is 13.8. The molecule has 0 radical (unpaired) electrons. The van der Waals surface area contributed by atoms with Gasteiger partial charge >= 0.3 is 0 Å². The fourth-order valence-corrected chi connectivity index (χ4v) is 2.87. The molecule has 0 unspecified atom stereocenters. The molecule has 0 atom stereocenters. The number of nitro groups is 1. The average molecular weight is 348 g/mol. The summed E-state index contributed by atoms with van der Waals surface area (Å²) in [6.45, 7) is 2.57. The second-order valence-electron chi connectivity index (χ2n) is 5.82. The molecule has 0 spiro atoms. The van der Waals surface area contributed by atoms with Crippen LogP contribution in [0.3, 0.4) is 0 Å². The van der Waals surface area contributed by atoms with E-state index in [2.05, 4.69) is 11.4 Å². The van der Waals surface area contributed by atoms with E-state index in [4.69, 9.17) is 9.47 Å². The van der Waals surface area contributed by atoms with Crippen molar-refractivity contribution >= 4 is 11.6 Å². The first-order valence-corrected chi connectivity index (χ1v) is 8.52. The molecule has 0 saturated heterocycles. The van der Waals surface area contributed by atoms with Gasteiger partial charge in [0.25, 0.3) is 11.6 Å². The predicted molar refractivity (Wildman–Crippen MR) is 94.3 cm³/mol. The third-order valence-electron chi connectivity index (χ3n) is 4.14. The monoisotopic (exact) mass is 348 g/mol. The van der Waals surface area contributed by atoms with Crippen LogP contribution in [0.4, 0.5) is 5.69 Å². The van der Waals surface area contributed by atoms with Gasteiger partial charge in [-0.1, -0.05) is 11.6 Å². The fraction of sp³-hybridized carbons (Fsp3) is 0.500. The van der Waals surface area contributed by atoms with Gasteiger partial charge in [-0.15, -0.1) is 0 Å². The lowest BCUT2D eigenvalue weighted by molar-refractivity contribution is -0.385. The lowest BCUT2D eigenvalue weighted by Crippen LogP contribution is -2.25. The zero-order valence-corrected chi connectivity index (χ0v) is 14.7. The maximum absolute atomic E-state index is 12.4. The van der Waals surface area contributed by atoms with Gasteiger partial charge in [0.05, 0.1) is 24.7 Å². The number of carbonyl (C=O) groups excluding carboxylic acids is 1. The Balaban J connectivity index is 2.13. The molecule has 0 bridgehead atoms. The van der Waals surface area contributed by atoms with Crippen LogP contribution in [0.2, 0.25) is 0 Å². The minimum atomic E-state index is -0.583. The zero-order chi connectivity index (χ0) is 18.2. The number of amides is 1. The Kier molecular flexibility index (Phi) is 6.80. The fourth-order valence-electron chi connectivity index (χ4n) is 2.87. The van der Waals surface area contributed by atoms with E-state index in [0.717, 1.165) is 19.3 Å². The summed E-state index contributed by atoms with van der Waals surface area (Å²) in [4.78, 5) is 23.2. The summed E-state index contributed by atoms with van der Waals surface area (Å²) in [6, 6.07) is 2.60. The smallest absolute Gasteiger partial charge is 0.286 e. The van der Waals surface area contributed by atoms with Crippen LogP contribution < -0.4 is 14.8 Å². The van der Waals surface area contributed by atoms with Crippen LogP contribution in [0.1, 0.15) is 49.4 Å². The predicted octanol–water partition coefficient (Wildman–Crippen LogP) is 3.62. The first kappa shape index (κ1) is 18.8. The second kappa shape index (κ2) is 9.05. The van der Waals surface area contributed by atoms with E-state index in [-0.39, 0.29) is 17.0 Å². The molecule has 2 rings (SSSR count). The van der Waals surface area contributed by atoms with Gasteiger partial charge in [0, 0.05) is 12.6 Å². The Hall–Kier alpha value is -2.57. The number of hydrogen-bond acceptors (Lipinski definition) is 5. The molecule has 1 aliphatic carbocycles. The molecule has 7 heteroatoms. The molecule has 1 aromatic rings. The number of allylic oxidation sites excluding steroid dienone is 1. The Morgan fingerprint density at radius 1 is 1.32 bits per heavy atom. The molecule has 1 amide bonds. The Bertz CT molecular complexity index is 670. The first-order chi connectivity index (χ1) is 12.1. The van der Waals surface area contributed by atoms with Gasteiger partial charge in [-0.2, -0.15) is 0 Å². The third-order valence-corrected chi connectivity index (χ3v) is 4.14. The van der Waals surface area contributed by atoms with Gasteiger partial charge < -0.3 is 14.8 Å². The van der Waals surface area contributed by atoms with E-state index in [1.807, 2.05) is 0 Å². The number of carbonyl (C=O) groups is 1. The molecule has 0 heterocycles. The van der Waals surface area contributed by atoms with Crippen molar-refractivity contribution in [2.75, 3.05) is 20.3 Å². The number of methoxy groups -OCH3 is 1. The number of nitrogens with zero attached hydrogens (tertiary/aromatic N) is 1. The molecule has 136 valence electrons. The molecule has 1 aliphatic rings. The van der Waals surface area contributed by atoms with Crippen LogP contribution in [0.25, 0.3) is 0 Å². The summed E-state index contributed by atoms with van der Waals surface area (Å²) in [5, 5.41) is 14.1. The van der Waals surface area contributed by atoms with Crippen LogP contribution in [0, 0.1) is 10.1 Å². The van der Waals surface area contributed by atoms with Crippen LogP contribution >= 0.6 is 0 Å². The lowest BCUT2D eigenvalue weighted by Gasteiger charge is -2.14. The highest BCUT2D eigenvalue weighted by Crippen LogP contribution is 2.34. The Morgan fingerprint density at radius 2 is 2.12 bits per heavy atom. The second-order valence-corrected chi connectivity index (χ2v) is 5.82. The molecule has 0 aromatic heterocycles. The van der Waals surface area contributed by atoms with Crippen molar-refractivity contribution in [1.82, 2.24) is 5.32 Å². The molecule has 0 saturated carbocycles. The number of ether oxygens (including phenoxy) is 2. The summed E-state index contributed by atoms with van der Waals surface area (Å²) in [5.74, 6) is 0.0673. The highest BCUT2D eigenvalue weighted by Gasteiger charge is 2.24. The van der Waals surface area contributed by atoms with Crippen LogP contribution in [0.15, 0.2) is 23.8 Å². The largest absolute Gasteiger partial charge is 0.493 e. The van der Waals surface area contributed by atoms with E-state index >= 15 is 0 Å². The summed E-state index contributed by atoms with van der Waals surface area (Å²) in [6.07, 6.45) is 7.54. The molecule has 1 aromatic carbocycles. The van der Waals surface area contributed by atoms with E-state index < -0.39 is 10.8 Å². The quantitative estimate of drug-likeness (QED) is 0.440. The summed E-state index contributed by atoms with van der Waals surface area (Å²) < 4.78 is 10.5. The van der Waals surface area contributed by atoms with Crippen LogP contribution in [0.5, 0.6) is 11.5 Å². The number of rotatable bonds is 8. The van der Waals surface area contributed by atoms with Crippen molar-refractivity contribution in [3.05, 3.63) is 39.5 Å². The van der Waals surface area contributed by atoms with Gasteiger partial charge in [0.1, 0.15) is 5.56 Å². The van der Waals surface area contributed by atoms with Gasteiger partial charge in [0.15, 0.2) is 11.5 Å². The number of nitrogens with one attached hydrogen (secondary N) is 1. The highest BCUT2D eigenvalue weighted by atomic mass is 16.6. The highest BCUT2D eigenvalue weighted by molar-refractivity contribution is 5.99. The first-order valence-electron chi connectivity index (χ1n) is 8.52. The minimum absolute atomic E-state index is 0.0251. The zero-order valence-electron chi connectivity index (χ0n) is 14.7. The van der Waals surface area contributed by atoms with Gasteiger partial charge in [0.2, 0.25) is 0 Å². The average Bonchev–Trinajstić information content (AvgIpc) is 2.62. The maximum Gasteiger partial charge on any atom is 0.286 e. The van der Waals surface area contributed by atoms with Crippen molar-refractivity contribution in [2.24, 2.45) is 0 Å². The standard InChI is InChI=1S/C18H24N2O5/c1-3-25-17-12-15(20(22)23)14(11-16(17)24-2)18(21)19-10-9-13-7-5-4-6-8-13/h7,11-12H,3-6,8-10H2,1-2H3,(H,19,21).